The van der Waals surface area contributed by atoms with E-state index in [1.54, 1.807) is 78.1 Å². The number of nitrogens with zero attached hydrogens (tertiary/aromatic N) is 20. The van der Waals surface area contributed by atoms with Gasteiger partial charge >= 0.3 is 0 Å². The van der Waals surface area contributed by atoms with Gasteiger partial charge in [-0.2, -0.15) is 15.3 Å². The maximum Gasteiger partial charge on any atom is 0.248 e. The first-order chi connectivity index (χ1) is 70.7. The van der Waals surface area contributed by atoms with Gasteiger partial charge in [0.1, 0.15) is 104 Å². The SMILES string of the molecule is CC(=O)c1nn(CC(=O)N2C3C[C@@]4(Cc5ccc(cc5)COCc5ccc(Br)nc5NC3=O)C[C@@H]24)c2c(C)cc(-c3cnc(C)nc3)cc12.CC(=O)c1nn(CC(=O)N2C3C[C@@]4(Cc5ccc(cn5)COCc5ccc(Br)nc5NC3=O)C[C@@H]24)c2c(C)cc(-c3cnc(C)nc3)cc12.CC(=O)c1nn(CC(=O)N2C3C[C@@]4(Cc5ccc(nc5)COCc5ccc(Br)nc5NC3=O)C[C@@H]24)c2c(C)cc(-c3cnc(C)nc3)cc12. The van der Waals surface area contributed by atoms with Gasteiger partial charge in [0, 0.05) is 149 Å². The highest BCUT2D eigenvalue weighted by molar-refractivity contribution is 9.11. The van der Waals surface area contributed by atoms with Gasteiger partial charge in [0.25, 0.3) is 0 Å². The van der Waals surface area contributed by atoms with Crippen molar-refractivity contribution >= 4 is 151 Å². The number of Topliss-reactive ketones (excluding diaryl/α,β-unsaturated/α-hetero) is 3. The Hall–Kier alpha value is -14.6. The number of hydrogen-bond acceptors (Lipinski definition) is 26. The highest BCUT2D eigenvalue weighted by Gasteiger charge is 2.70. The number of anilines is 3. The standard InChI is InChI=1S/C37H34BrN7O4.2C36H33BrN8O4/c1-20-10-26(27-15-39-22(3)40-16-27)11-28-33(21(2)46)43-44(34(20)28)17-32(47)45-29-13-37(14-30(37)45)12-23-4-6-24(7-5-23)18-49-19-25-8-9-31(38)41-35(25)42-36(29)48;1-19-8-24(25-14-38-21(3)39-15-25)9-27-32(20(2)46)43-44(33(19)27)16-31(47)45-28-11-36(12-29(36)45)10-26-6-4-22(13-40-26)17-49-18-23-5-7-30(37)41-34(23)42-35(28)48;1-19-8-24(25-14-38-21(3)39-15-25)9-27-32(20(2)46)43-44(33(19)27)16-31(47)45-28-11-36(12-29(36)45)10-22-4-6-26(40-13-22)18-49-17-23-5-7-30(37)41-34(23)42-35(28)48/h4-11,15-16,29-30H,12-14,17-19H2,1-3H3,(H,41,42,48);2*4-9,13-15,28-29H,10-12,16-18H2,1-3H3,(H,41,42,48)/t29?,30-,37+;2*28?,29-,36+/m111/s1. The van der Waals surface area contributed by atoms with E-state index in [9.17, 15) is 43.2 Å². The van der Waals surface area contributed by atoms with Crippen molar-refractivity contribution in [3.05, 3.63) is 286 Å². The van der Waals surface area contributed by atoms with Gasteiger partial charge < -0.3 is 44.9 Å². The predicted molar refractivity (Wildman–Crippen MR) is 552 cm³/mol. The summed E-state index contributed by atoms with van der Waals surface area (Å²) in [4.78, 5) is 178. The molecule has 15 aromatic rings. The number of nitrogens with one attached hydrogen (secondary N) is 3. The van der Waals surface area contributed by atoms with Crippen molar-refractivity contribution in [1.29, 1.82) is 0 Å². The number of halogens is 3. The number of pyridine rings is 5. The van der Waals surface area contributed by atoms with Gasteiger partial charge in [0.2, 0.25) is 35.4 Å². The number of carbonyl (C=O) groups excluding carboxylic acids is 9. The smallest absolute Gasteiger partial charge is 0.248 e. The summed E-state index contributed by atoms with van der Waals surface area (Å²) in [6, 6.07) is 36.6. The Morgan fingerprint density at radius 1 is 0.340 bits per heavy atom. The van der Waals surface area contributed by atoms with Crippen molar-refractivity contribution < 1.29 is 57.4 Å². The fourth-order valence-electron chi connectivity index (χ4n) is 22.6. The molecule has 9 aliphatic heterocycles. The number of benzene rings is 4. The van der Waals surface area contributed by atoms with E-state index in [4.69, 9.17) is 19.2 Å². The minimum absolute atomic E-state index is 0.0926. The van der Waals surface area contributed by atoms with Gasteiger partial charge in [-0.15, -0.1) is 0 Å². The molecule has 11 aromatic heterocycles. The molecule has 0 radical (unpaired) electrons. The summed E-state index contributed by atoms with van der Waals surface area (Å²) in [6.07, 6.45) is 20.2. The molecule has 6 fully saturated rings. The Labute approximate surface area is 868 Å². The summed E-state index contributed by atoms with van der Waals surface area (Å²) in [6.45, 7) is 17.2. The third kappa shape index (κ3) is 19.1. The number of ketones is 3. The van der Waals surface area contributed by atoms with Crippen LogP contribution in [0.25, 0.3) is 66.1 Å². The molecule has 147 heavy (non-hydrogen) atoms. The van der Waals surface area contributed by atoms with E-state index >= 15 is 0 Å². The molecule has 12 bridgehead atoms. The van der Waals surface area contributed by atoms with Crippen LogP contribution in [0.5, 0.6) is 0 Å². The molecular formula is C109H100Br3N23O12. The Kier molecular flexibility index (Phi) is 25.6. The highest BCUT2D eigenvalue weighted by atomic mass is 79.9. The molecule has 3 unspecified atom stereocenters. The number of likely N-dealkylation sites (tertiary alicyclic amines) is 3. The molecule has 3 saturated carbocycles. The van der Waals surface area contributed by atoms with Crippen LogP contribution in [0.1, 0.15) is 175 Å². The number of amides is 6. The van der Waals surface area contributed by atoms with E-state index in [0.29, 0.717) is 139 Å². The van der Waals surface area contributed by atoms with Gasteiger partial charge in [0.15, 0.2) is 17.3 Å². The van der Waals surface area contributed by atoms with Crippen molar-refractivity contribution in [3.8, 4) is 33.4 Å². The van der Waals surface area contributed by atoms with Crippen LogP contribution in [0.15, 0.2) is 185 Å². The molecule has 35 nitrogen and oxygen atoms in total. The van der Waals surface area contributed by atoms with E-state index in [1.165, 1.54) is 20.8 Å². The number of aryl methyl sites for hydroxylation is 6. The van der Waals surface area contributed by atoms with Crippen LogP contribution in [-0.2, 0) is 122 Å². The average Bonchev–Trinajstić information content (AvgIpc) is 1.54. The highest BCUT2D eigenvalue weighted by Crippen LogP contribution is 2.64. The summed E-state index contributed by atoms with van der Waals surface area (Å²) in [5.74, 6) is 0.964. The number of aromatic nitrogens is 17. The fraction of sp³-hybridized carbons (Fsp3) is 0.330. The lowest BCUT2D eigenvalue weighted by molar-refractivity contribution is -0.138. The van der Waals surface area contributed by atoms with Crippen LogP contribution in [0.3, 0.4) is 0 Å². The molecule has 20 heterocycles. The number of hydrogen-bond donors (Lipinski definition) is 3. The minimum atomic E-state index is -0.728. The largest absolute Gasteiger partial charge is 0.372 e. The quantitative estimate of drug-likeness (QED) is 0.0755. The number of carbonyl (C=O) groups is 9. The second-order valence-corrected chi connectivity index (χ2v) is 42.6. The van der Waals surface area contributed by atoms with Crippen molar-refractivity contribution in [1.82, 2.24) is 98.9 Å². The molecule has 3 N–H and O–H groups in total. The van der Waals surface area contributed by atoms with E-state index in [-0.39, 0.29) is 144 Å². The maximum absolute atomic E-state index is 14.4. The molecule has 12 aliphatic rings. The fourth-order valence-corrected chi connectivity index (χ4v) is 23.5. The first kappa shape index (κ1) is 97.2. The minimum Gasteiger partial charge on any atom is -0.372 e. The zero-order valence-electron chi connectivity index (χ0n) is 81.8. The first-order valence-corrected chi connectivity index (χ1v) is 51.1. The zero-order valence-corrected chi connectivity index (χ0v) is 86.6. The number of piperidine rings is 3. The predicted octanol–water partition coefficient (Wildman–Crippen LogP) is 16.0. The van der Waals surface area contributed by atoms with Crippen molar-refractivity contribution in [3.63, 3.8) is 0 Å². The Morgan fingerprint density at radius 2 is 0.653 bits per heavy atom. The lowest BCUT2D eigenvalue weighted by Gasteiger charge is -2.27. The third-order valence-electron chi connectivity index (χ3n) is 29.9. The normalized spacial score (nSPS) is 21.5. The monoisotopic (exact) mass is 2160 g/mol. The van der Waals surface area contributed by atoms with Crippen LogP contribution < -0.4 is 16.0 Å². The molecular weight excluding hydrogens is 2060 g/mol. The molecule has 3 aliphatic carbocycles. The van der Waals surface area contributed by atoms with E-state index in [1.807, 2.05) is 133 Å². The van der Waals surface area contributed by atoms with Crippen LogP contribution in [0.2, 0.25) is 0 Å². The summed E-state index contributed by atoms with van der Waals surface area (Å²) in [7, 11) is 0. The summed E-state index contributed by atoms with van der Waals surface area (Å²) >= 11 is 10.3. The summed E-state index contributed by atoms with van der Waals surface area (Å²) in [5.41, 5.74) is 17.9. The Balaban J connectivity index is 0.000000125. The summed E-state index contributed by atoms with van der Waals surface area (Å²) < 4.78 is 24.4. The molecule has 4 aromatic carbocycles. The number of rotatable bonds is 12. The average molecular weight is 2160 g/mol. The Bertz CT molecular complexity index is 7230. The van der Waals surface area contributed by atoms with Crippen LogP contribution in [0.4, 0.5) is 17.5 Å². The zero-order chi connectivity index (χ0) is 102. The van der Waals surface area contributed by atoms with E-state index < -0.39 is 18.1 Å². The van der Waals surface area contributed by atoms with Crippen molar-refractivity contribution in [2.75, 3.05) is 16.0 Å². The van der Waals surface area contributed by atoms with E-state index in [0.717, 1.165) is 121 Å². The van der Waals surface area contributed by atoms with Crippen molar-refractivity contribution in [2.24, 2.45) is 16.2 Å². The lowest BCUT2D eigenvalue weighted by atomic mass is 9.91. The third-order valence-corrected chi connectivity index (χ3v) is 31.2. The number of ether oxygens (including phenoxy) is 3. The second-order valence-electron chi connectivity index (χ2n) is 40.2. The van der Waals surface area contributed by atoms with Crippen LogP contribution in [-0.4, -0.2) is 188 Å². The van der Waals surface area contributed by atoms with Gasteiger partial charge in [-0.25, -0.2) is 44.9 Å². The molecule has 6 amide bonds. The first-order valence-electron chi connectivity index (χ1n) is 48.7. The van der Waals surface area contributed by atoms with Crippen LogP contribution in [0, 0.1) is 57.8 Å². The van der Waals surface area contributed by atoms with E-state index in [2.05, 4.69) is 159 Å². The topological polar surface area (TPSA) is 422 Å². The van der Waals surface area contributed by atoms with Gasteiger partial charge in [-0.05, 0) is 280 Å². The van der Waals surface area contributed by atoms with Gasteiger partial charge in [-0.1, -0.05) is 54.6 Å². The van der Waals surface area contributed by atoms with Gasteiger partial charge in [0.05, 0.1) is 61.9 Å². The molecule has 3 saturated heterocycles. The molecule has 9 atom stereocenters. The van der Waals surface area contributed by atoms with Crippen molar-refractivity contribution in [2.45, 2.75) is 216 Å². The molecule has 3 spiro atoms. The summed E-state index contributed by atoms with van der Waals surface area (Å²) in [5, 5.41) is 25.0. The molecule has 744 valence electrons. The second kappa shape index (κ2) is 38.7. The molecule has 38 heteroatoms. The number of fused-ring (bicyclic) bond motifs is 18. The Morgan fingerprint density at radius 3 is 1.00 bits per heavy atom. The maximum atomic E-state index is 14.4. The van der Waals surface area contributed by atoms with Gasteiger partial charge in [-0.3, -0.25) is 67.2 Å². The van der Waals surface area contributed by atoms with Crippen LogP contribution >= 0.6 is 47.8 Å². The lowest BCUT2D eigenvalue weighted by Crippen LogP contribution is -2.47. The molecule has 27 rings (SSSR count).